The zero-order valence-corrected chi connectivity index (χ0v) is 18.0. The second kappa shape index (κ2) is 8.31. The number of nitrogens with zero attached hydrogens (tertiary/aromatic N) is 3. The van der Waals surface area contributed by atoms with E-state index in [4.69, 9.17) is 11.5 Å². The van der Waals surface area contributed by atoms with Crippen molar-refractivity contribution >= 4 is 40.3 Å². The summed E-state index contributed by atoms with van der Waals surface area (Å²) in [6.07, 6.45) is 1.72. The van der Waals surface area contributed by atoms with Crippen molar-refractivity contribution < 1.29 is 0 Å². The summed E-state index contributed by atoms with van der Waals surface area (Å²) < 4.78 is 1.52. The van der Waals surface area contributed by atoms with Gasteiger partial charge in [0, 0.05) is 54.8 Å². The van der Waals surface area contributed by atoms with Crippen LogP contribution in [0, 0.1) is 6.92 Å². The van der Waals surface area contributed by atoms with Crippen LogP contribution in [-0.2, 0) is 7.05 Å². The molecule has 8 heteroatoms. The zero-order valence-electron chi connectivity index (χ0n) is 17.2. The first-order valence-corrected chi connectivity index (χ1v) is 11.0. The monoisotopic (exact) mass is 422 g/mol. The Kier molecular flexibility index (Phi) is 5.59. The van der Waals surface area contributed by atoms with Gasteiger partial charge in [0.15, 0.2) is 5.82 Å². The van der Waals surface area contributed by atoms with Crippen LogP contribution >= 0.6 is 11.8 Å². The molecule has 0 aliphatic carbocycles. The van der Waals surface area contributed by atoms with Gasteiger partial charge < -0.3 is 26.3 Å². The average molecular weight is 423 g/mol. The third-order valence-corrected chi connectivity index (χ3v) is 6.31. The van der Waals surface area contributed by atoms with Crippen molar-refractivity contribution in [3.05, 3.63) is 58.5 Å². The van der Waals surface area contributed by atoms with Crippen molar-refractivity contribution in [3.63, 3.8) is 0 Å². The Morgan fingerprint density at radius 1 is 1.10 bits per heavy atom. The first-order valence-electron chi connectivity index (χ1n) is 9.86. The van der Waals surface area contributed by atoms with Crippen LogP contribution in [0.15, 0.2) is 47.4 Å². The van der Waals surface area contributed by atoms with E-state index < -0.39 is 0 Å². The highest BCUT2D eigenvalue weighted by atomic mass is 32.2. The summed E-state index contributed by atoms with van der Waals surface area (Å²) >= 11 is 1.96. The molecule has 0 unspecified atom stereocenters. The van der Waals surface area contributed by atoms with E-state index in [0.717, 1.165) is 47.1 Å². The quantitative estimate of drug-likeness (QED) is 0.555. The lowest BCUT2D eigenvalue weighted by atomic mass is 10.0. The number of nitrogens with two attached hydrogens (primary N) is 2. The number of hydrogen-bond acceptors (Lipinski definition) is 7. The Hall–Kier alpha value is -3.13. The van der Waals surface area contributed by atoms with Crippen LogP contribution < -0.4 is 27.2 Å². The lowest BCUT2D eigenvalue weighted by molar-refractivity contribution is 0.848. The molecule has 2 heterocycles. The van der Waals surface area contributed by atoms with Crippen molar-refractivity contribution in [2.75, 3.05) is 46.3 Å². The maximum atomic E-state index is 12.7. The molecule has 0 bridgehead atoms. The molecule has 1 aliphatic rings. The van der Waals surface area contributed by atoms with Crippen LogP contribution in [0.1, 0.15) is 5.56 Å². The van der Waals surface area contributed by atoms with Crippen LogP contribution in [0.5, 0.6) is 0 Å². The molecule has 1 saturated heterocycles. The zero-order chi connectivity index (χ0) is 21.3. The normalized spacial score (nSPS) is 14.0. The molecule has 1 aliphatic heterocycles. The van der Waals surface area contributed by atoms with Gasteiger partial charge in [-0.2, -0.15) is 11.8 Å². The first kappa shape index (κ1) is 20.2. The van der Waals surface area contributed by atoms with Crippen molar-refractivity contribution in [1.82, 2.24) is 9.55 Å². The Morgan fingerprint density at radius 2 is 1.87 bits per heavy atom. The molecule has 156 valence electrons. The van der Waals surface area contributed by atoms with E-state index in [0.29, 0.717) is 17.1 Å². The van der Waals surface area contributed by atoms with Gasteiger partial charge in [0.25, 0.3) is 5.56 Å². The summed E-state index contributed by atoms with van der Waals surface area (Å²) in [5.41, 5.74) is 17.8. The Bertz CT molecular complexity index is 1140. The second-order valence-corrected chi connectivity index (χ2v) is 8.63. The number of aryl methyl sites for hydroxylation is 1. The standard InChI is InChI=1S/C22H26N6OS/c1-14-16(4-3-5-17(14)23)19-13-27(2)22(29)21(26-19)25-15-6-7-20(18(24)12-15)28-8-10-30-11-9-28/h3-7,12-13H,8-11,23-24H2,1-2H3,(H,25,26). The first-order chi connectivity index (χ1) is 14.4. The predicted molar refractivity (Wildman–Crippen MR) is 128 cm³/mol. The highest BCUT2D eigenvalue weighted by Gasteiger charge is 2.15. The molecule has 30 heavy (non-hydrogen) atoms. The highest BCUT2D eigenvalue weighted by molar-refractivity contribution is 7.99. The van der Waals surface area contributed by atoms with E-state index in [2.05, 4.69) is 15.2 Å². The molecule has 4 rings (SSSR count). The van der Waals surface area contributed by atoms with Gasteiger partial charge in [-0.3, -0.25) is 4.79 Å². The van der Waals surface area contributed by atoms with Crippen molar-refractivity contribution in [1.29, 1.82) is 0 Å². The largest absolute Gasteiger partial charge is 0.398 e. The Balaban J connectivity index is 1.66. The Labute approximate surface area is 180 Å². The number of nitrogen functional groups attached to an aromatic ring is 2. The summed E-state index contributed by atoms with van der Waals surface area (Å²) in [7, 11) is 1.71. The van der Waals surface area contributed by atoms with E-state index in [9.17, 15) is 4.79 Å². The lowest BCUT2D eigenvalue weighted by Crippen LogP contribution is -2.32. The summed E-state index contributed by atoms with van der Waals surface area (Å²) in [5, 5.41) is 3.15. The smallest absolute Gasteiger partial charge is 0.293 e. The van der Waals surface area contributed by atoms with Gasteiger partial charge in [-0.15, -0.1) is 0 Å². The SMILES string of the molecule is Cc1c(N)cccc1-c1cn(C)c(=O)c(Nc2ccc(N3CCSCC3)c(N)c2)n1. The Morgan fingerprint density at radius 3 is 2.60 bits per heavy atom. The number of benzene rings is 2. The molecule has 0 saturated carbocycles. The van der Waals surface area contributed by atoms with Crippen LogP contribution in [0.25, 0.3) is 11.3 Å². The molecule has 2 aromatic carbocycles. The van der Waals surface area contributed by atoms with E-state index in [1.807, 2.05) is 55.1 Å². The minimum atomic E-state index is -0.212. The highest BCUT2D eigenvalue weighted by Crippen LogP contribution is 2.30. The number of aromatic nitrogens is 2. The number of rotatable bonds is 4. The molecule has 0 atom stereocenters. The molecule has 0 amide bonds. The summed E-state index contributed by atoms with van der Waals surface area (Å²) in [6.45, 7) is 3.93. The fourth-order valence-corrected chi connectivity index (χ4v) is 4.51. The van der Waals surface area contributed by atoms with Gasteiger partial charge in [0.2, 0.25) is 0 Å². The van der Waals surface area contributed by atoms with Crippen molar-refractivity contribution in [3.8, 4) is 11.3 Å². The fourth-order valence-electron chi connectivity index (χ4n) is 3.61. The number of hydrogen-bond donors (Lipinski definition) is 3. The topological polar surface area (TPSA) is 102 Å². The molecule has 3 aromatic rings. The predicted octanol–water partition coefficient (Wildman–Crippen LogP) is 3.22. The van der Waals surface area contributed by atoms with E-state index in [1.165, 1.54) is 4.57 Å². The van der Waals surface area contributed by atoms with Gasteiger partial charge in [0.05, 0.1) is 17.1 Å². The van der Waals surface area contributed by atoms with Crippen molar-refractivity contribution in [2.45, 2.75) is 6.92 Å². The summed E-state index contributed by atoms with van der Waals surface area (Å²) in [6, 6.07) is 11.5. The third-order valence-electron chi connectivity index (χ3n) is 5.36. The molecule has 5 N–H and O–H groups in total. The van der Waals surface area contributed by atoms with Gasteiger partial charge in [-0.05, 0) is 36.8 Å². The summed E-state index contributed by atoms with van der Waals surface area (Å²) in [5.74, 6) is 2.46. The van der Waals surface area contributed by atoms with Crippen LogP contribution in [0.2, 0.25) is 0 Å². The van der Waals surface area contributed by atoms with Crippen LogP contribution in [-0.4, -0.2) is 34.1 Å². The minimum Gasteiger partial charge on any atom is -0.398 e. The fraction of sp³-hybridized carbons (Fsp3) is 0.273. The molecule has 1 aromatic heterocycles. The molecule has 1 fully saturated rings. The molecular formula is C22H26N6OS. The molecule has 7 nitrogen and oxygen atoms in total. The van der Waals surface area contributed by atoms with Crippen molar-refractivity contribution in [2.24, 2.45) is 7.05 Å². The average Bonchev–Trinajstić information content (AvgIpc) is 2.74. The van der Waals surface area contributed by atoms with E-state index in [-0.39, 0.29) is 11.4 Å². The van der Waals surface area contributed by atoms with Crippen LogP contribution in [0.3, 0.4) is 0 Å². The van der Waals surface area contributed by atoms with E-state index in [1.54, 1.807) is 13.2 Å². The minimum absolute atomic E-state index is 0.212. The van der Waals surface area contributed by atoms with Gasteiger partial charge in [0.1, 0.15) is 0 Å². The van der Waals surface area contributed by atoms with Gasteiger partial charge >= 0.3 is 0 Å². The number of nitrogens with one attached hydrogen (secondary N) is 1. The maximum absolute atomic E-state index is 12.7. The number of anilines is 5. The maximum Gasteiger partial charge on any atom is 0.293 e. The molecular weight excluding hydrogens is 396 g/mol. The molecule has 0 radical (unpaired) electrons. The summed E-state index contributed by atoms with van der Waals surface area (Å²) in [4.78, 5) is 19.6. The van der Waals surface area contributed by atoms with Gasteiger partial charge in [-0.1, -0.05) is 12.1 Å². The third kappa shape index (κ3) is 3.95. The van der Waals surface area contributed by atoms with Crippen LogP contribution in [0.4, 0.5) is 28.6 Å². The van der Waals surface area contributed by atoms with E-state index >= 15 is 0 Å². The van der Waals surface area contributed by atoms with Gasteiger partial charge in [-0.25, -0.2) is 4.98 Å². The lowest BCUT2D eigenvalue weighted by Gasteiger charge is -2.29. The number of thioether (sulfide) groups is 1. The molecule has 0 spiro atoms. The second-order valence-electron chi connectivity index (χ2n) is 7.41.